The monoisotopic (exact) mass is 664 g/mol. The number of hydrogen-bond donors (Lipinski definition) is 4. The molecule has 0 aliphatic heterocycles. The van der Waals surface area contributed by atoms with Crippen LogP contribution in [-0.4, -0.2) is 82.5 Å². The van der Waals surface area contributed by atoms with E-state index in [2.05, 4.69) is 0 Å². The number of nitrogens with two attached hydrogens (primary N) is 1. The number of aliphatic hydroxyl groups excluding tert-OH is 2. The van der Waals surface area contributed by atoms with Gasteiger partial charge in [-0.05, 0) is 74.3 Å². The van der Waals surface area contributed by atoms with Crippen LogP contribution < -0.4 is 15.4 Å². The molecule has 5 N–H and O–H groups in total. The van der Waals surface area contributed by atoms with Gasteiger partial charge < -0.3 is 35.1 Å². The van der Waals surface area contributed by atoms with Gasteiger partial charge >= 0.3 is 0 Å². The smallest absolute Gasteiger partial charge is 0.255 e. The molecule has 4 atom stereocenters. The first kappa shape index (κ1) is 32.1. The predicted molar refractivity (Wildman–Crippen MR) is 180 cm³/mol. The van der Waals surface area contributed by atoms with Crippen molar-refractivity contribution >= 4 is 34.3 Å². The topological polar surface area (TPSA) is 180 Å². The molecule has 3 aliphatic rings. The summed E-state index contributed by atoms with van der Waals surface area (Å²) in [5.74, 6) is -5.30. The van der Waals surface area contributed by atoms with Gasteiger partial charge in [-0.15, -0.1) is 0 Å². The van der Waals surface area contributed by atoms with E-state index in [4.69, 9.17) is 19.9 Å². The molecular formula is C37H36N4O8. The molecule has 7 rings (SSSR count). The van der Waals surface area contributed by atoms with Crippen molar-refractivity contribution < 1.29 is 38.9 Å². The van der Waals surface area contributed by atoms with Crippen molar-refractivity contribution in [2.24, 2.45) is 17.6 Å². The van der Waals surface area contributed by atoms with E-state index >= 15 is 0 Å². The lowest BCUT2D eigenvalue weighted by molar-refractivity contribution is -0.148. The van der Waals surface area contributed by atoms with E-state index in [0.717, 1.165) is 11.3 Å². The summed E-state index contributed by atoms with van der Waals surface area (Å²) in [6.07, 6.45) is 0.318. The van der Waals surface area contributed by atoms with Gasteiger partial charge in [-0.25, -0.2) is 4.98 Å². The highest BCUT2D eigenvalue weighted by molar-refractivity contribution is 6.25. The van der Waals surface area contributed by atoms with Crippen LogP contribution in [0, 0.1) is 11.8 Å². The molecule has 0 fully saturated rings. The highest BCUT2D eigenvalue weighted by Gasteiger charge is 2.63. The van der Waals surface area contributed by atoms with Crippen LogP contribution in [0.25, 0.3) is 22.6 Å². The van der Waals surface area contributed by atoms with Gasteiger partial charge in [-0.1, -0.05) is 30.3 Å². The van der Waals surface area contributed by atoms with E-state index in [1.54, 1.807) is 31.1 Å². The lowest BCUT2D eigenvalue weighted by Crippen LogP contribution is -2.63. The van der Waals surface area contributed by atoms with E-state index in [-0.39, 0.29) is 35.5 Å². The molecule has 0 unspecified atom stereocenters. The fourth-order valence-corrected chi connectivity index (χ4v) is 7.64. The summed E-state index contributed by atoms with van der Waals surface area (Å²) in [4.78, 5) is 48.6. The largest absolute Gasteiger partial charge is 0.510 e. The number of ether oxygens (including phenoxy) is 1. The maximum absolute atomic E-state index is 14.5. The molecule has 12 nitrogen and oxygen atoms in total. The Bertz CT molecular complexity index is 2100. The molecule has 0 spiro atoms. The van der Waals surface area contributed by atoms with Crippen molar-refractivity contribution in [3.8, 4) is 17.2 Å². The number of aromatic nitrogens is 1. The number of allylic oxidation sites excluding steroid dienone is 1. The number of benzene rings is 3. The minimum atomic E-state index is -2.67. The van der Waals surface area contributed by atoms with Crippen molar-refractivity contribution in [2.75, 3.05) is 33.1 Å². The van der Waals surface area contributed by atoms with Crippen LogP contribution in [0.1, 0.15) is 27.9 Å². The number of hydrogen-bond acceptors (Lipinski definition) is 11. The molecule has 252 valence electrons. The zero-order valence-electron chi connectivity index (χ0n) is 27.4. The molecule has 49 heavy (non-hydrogen) atoms. The van der Waals surface area contributed by atoms with Crippen molar-refractivity contribution in [3.63, 3.8) is 0 Å². The summed E-state index contributed by atoms with van der Waals surface area (Å²) >= 11 is 0. The third kappa shape index (κ3) is 4.89. The van der Waals surface area contributed by atoms with Gasteiger partial charge in [-0.3, -0.25) is 19.3 Å². The number of primary amides is 1. The number of oxazole rings is 1. The Labute approximate surface area is 281 Å². The first-order valence-corrected chi connectivity index (χ1v) is 15.9. The second-order valence-electron chi connectivity index (χ2n) is 13.3. The van der Waals surface area contributed by atoms with Gasteiger partial charge in [0.25, 0.3) is 5.91 Å². The molecule has 3 aromatic carbocycles. The van der Waals surface area contributed by atoms with Gasteiger partial charge in [-0.2, -0.15) is 0 Å². The Balaban J connectivity index is 1.31. The Morgan fingerprint density at radius 2 is 1.76 bits per heavy atom. The zero-order chi connectivity index (χ0) is 34.9. The molecule has 12 heteroatoms. The Kier molecular flexibility index (Phi) is 7.60. The molecule has 0 radical (unpaired) electrons. The summed E-state index contributed by atoms with van der Waals surface area (Å²) in [5.41, 5.74) is 5.71. The summed E-state index contributed by atoms with van der Waals surface area (Å²) < 4.78 is 12.2. The minimum Gasteiger partial charge on any atom is -0.510 e. The van der Waals surface area contributed by atoms with Crippen LogP contribution in [0.5, 0.6) is 5.75 Å². The summed E-state index contributed by atoms with van der Waals surface area (Å²) in [5, 5.41) is 34.7. The lowest BCUT2D eigenvalue weighted by atomic mass is 9.58. The van der Waals surface area contributed by atoms with Crippen LogP contribution in [0.4, 0.5) is 5.69 Å². The molecule has 1 amide bonds. The number of anilines is 1. The molecule has 4 aromatic rings. The molecule has 1 heterocycles. The van der Waals surface area contributed by atoms with E-state index in [1.165, 1.54) is 0 Å². The summed E-state index contributed by atoms with van der Waals surface area (Å²) in [6.45, 7) is 0.410. The summed E-state index contributed by atoms with van der Waals surface area (Å²) in [6, 6.07) is 17.8. The lowest BCUT2D eigenvalue weighted by Gasteiger charge is -2.50. The van der Waals surface area contributed by atoms with E-state index in [9.17, 15) is 29.7 Å². The van der Waals surface area contributed by atoms with Gasteiger partial charge in [0.15, 0.2) is 17.0 Å². The molecule has 0 saturated carbocycles. The number of rotatable bonds is 7. The van der Waals surface area contributed by atoms with Crippen molar-refractivity contribution in [3.05, 3.63) is 100 Å². The average molecular weight is 665 g/mol. The second-order valence-corrected chi connectivity index (χ2v) is 13.3. The van der Waals surface area contributed by atoms with Crippen LogP contribution in [0.15, 0.2) is 87.7 Å². The maximum Gasteiger partial charge on any atom is 0.255 e. The van der Waals surface area contributed by atoms with Crippen LogP contribution in [0.2, 0.25) is 0 Å². The van der Waals surface area contributed by atoms with Gasteiger partial charge in [0.1, 0.15) is 35.0 Å². The minimum absolute atomic E-state index is 0.0526. The first-order valence-electron chi connectivity index (χ1n) is 15.9. The molecule has 0 saturated heterocycles. The number of carbonyl (C=O) groups is 3. The van der Waals surface area contributed by atoms with E-state index < -0.39 is 58.0 Å². The highest BCUT2D eigenvalue weighted by Crippen LogP contribution is 2.53. The Hall–Kier alpha value is -5.46. The number of carbonyl (C=O) groups excluding carboxylic acids is 3. The number of likely N-dealkylation sites (N-methyl/N-ethyl adjacent to an activating group) is 1. The third-order valence-corrected chi connectivity index (χ3v) is 9.91. The molecule has 3 aliphatic carbocycles. The van der Waals surface area contributed by atoms with Crippen molar-refractivity contribution in [1.82, 2.24) is 9.88 Å². The number of nitrogens with zero attached hydrogens (tertiary/aromatic N) is 3. The number of ketones is 2. The van der Waals surface area contributed by atoms with Crippen LogP contribution >= 0.6 is 0 Å². The third-order valence-electron chi connectivity index (χ3n) is 9.91. The first-order chi connectivity index (χ1) is 23.3. The van der Waals surface area contributed by atoms with Crippen LogP contribution in [0.3, 0.4) is 0 Å². The van der Waals surface area contributed by atoms with Crippen LogP contribution in [-0.2, 0) is 22.6 Å². The Morgan fingerprint density at radius 3 is 2.39 bits per heavy atom. The Morgan fingerprint density at radius 1 is 1.06 bits per heavy atom. The predicted octanol–water partition coefficient (Wildman–Crippen LogP) is 3.87. The van der Waals surface area contributed by atoms with E-state index in [1.807, 2.05) is 67.5 Å². The standard InChI is InChI=1S/C37H36N4O8/c1-40(2)25-16-24-32(49-36(39-24)19-10-12-21(13-11-19)48-17-18-8-6-5-7-9-18)27-22(25)14-20-15-23-29(41(3)4)31(43)28(35(38)46)34(45)37(23,47)33(44)26(20)30(27)42/h5-13,16,20,23,29,43-44,47H,14-15,17H2,1-4H3,(H2,38,46)/t20-,23-,29-,37-/m0/s1. The second kappa shape index (κ2) is 11.6. The van der Waals surface area contributed by atoms with Crippen molar-refractivity contribution in [1.29, 1.82) is 0 Å². The average Bonchev–Trinajstić information content (AvgIpc) is 3.49. The number of Topliss-reactive ketones (excluding diaryl/α,β-unsaturated/α-hetero) is 2. The van der Waals surface area contributed by atoms with Gasteiger partial charge in [0.05, 0.1) is 11.6 Å². The van der Waals surface area contributed by atoms with E-state index in [0.29, 0.717) is 29.0 Å². The SMILES string of the molecule is CN(C)c1cc2nc(-c3ccc(OCc4ccccc4)cc3)oc2c2c1C[C@H]1C[C@H]3[C@H](N(C)C)C(O)=C(C(N)=O)C(=O)[C@@]3(O)C(O)=C1C2=O. The quantitative estimate of drug-likeness (QED) is 0.211. The number of fused-ring (bicyclic) bond motifs is 5. The molecule has 1 aromatic heterocycles. The zero-order valence-corrected chi connectivity index (χ0v) is 27.4. The highest BCUT2D eigenvalue weighted by atomic mass is 16.5. The maximum atomic E-state index is 14.5. The molecular weight excluding hydrogens is 628 g/mol. The van der Waals surface area contributed by atoms with Gasteiger partial charge in [0.2, 0.25) is 11.7 Å². The fraction of sp³-hybridized carbons (Fsp3) is 0.297. The normalized spacial score (nSPS) is 23.4. The molecule has 0 bridgehead atoms. The fourth-order valence-electron chi connectivity index (χ4n) is 7.64. The number of aliphatic hydroxyl groups is 3. The van der Waals surface area contributed by atoms with Gasteiger partial charge in [0, 0.05) is 36.8 Å². The summed E-state index contributed by atoms with van der Waals surface area (Å²) in [7, 11) is 6.92. The number of amides is 1. The van der Waals surface area contributed by atoms with Crippen molar-refractivity contribution in [2.45, 2.75) is 31.1 Å².